The van der Waals surface area contributed by atoms with Gasteiger partial charge in [-0.25, -0.2) is 4.98 Å². The number of para-hydroxylation sites is 2. The van der Waals surface area contributed by atoms with E-state index in [1.165, 1.54) is 17.4 Å². The third kappa shape index (κ3) is 3.85. The summed E-state index contributed by atoms with van der Waals surface area (Å²) in [4.78, 5) is 37.6. The summed E-state index contributed by atoms with van der Waals surface area (Å²) in [7, 11) is 0. The number of nitrogens with zero attached hydrogens (tertiary/aromatic N) is 4. The highest BCUT2D eigenvalue weighted by molar-refractivity contribution is 7.17. The summed E-state index contributed by atoms with van der Waals surface area (Å²) in [5, 5.41) is 3.06. The molecule has 1 aliphatic heterocycles. The Morgan fingerprint density at radius 1 is 1.19 bits per heavy atom. The van der Waals surface area contributed by atoms with Crippen LogP contribution in [-0.2, 0) is 4.79 Å². The second-order valence-electron chi connectivity index (χ2n) is 9.70. The number of rotatable bonds is 5. The molecule has 1 spiro atoms. The fourth-order valence-corrected chi connectivity index (χ4v) is 6.46. The van der Waals surface area contributed by atoms with Gasteiger partial charge in [-0.3, -0.25) is 19.9 Å². The highest BCUT2D eigenvalue weighted by Crippen LogP contribution is 2.55. The van der Waals surface area contributed by atoms with Crippen molar-refractivity contribution < 1.29 is 9.59 Å². The van der Waals surface area contributed by atoms with Crippen LogP contribution in [-0.4, -0.2) is 44.3 Å². The number of anilines is 2. The quantitative estimate of drug-likeness (QED) is 0.387. The summed E-state index contributed by atoms with van der Waals surface area (Å²) in [6, 6.07) is 13.7. The zero-order chi connectivity index (χ0) is 24.9. The Kier molecular flexibility index (Phi) is 5.37. The third-order valence-corrected chi connectivity index (χ3v) is 8.45. The number of nitrogen functional groups attached to an aromatic ring is 1. The molecule has 8 nitrogen and oxygen atoms in total. The minimum atomic E-state index is -0.197. The van der Waals surface area contributed by atoms with Gasteiger partial charge >= 0.3 is 0 Å². The number of pyridine rings is 1. The second-order valence-corrected chi connectivity index (χ2v) is 10.8. The lowest BCUT2D eigenvalue weighted by Gasteiger charge is -2.46. The van der Waals surface area contributed by atoms with Crippen molar-refractivity contribution in [1.29, 1.82) is 0 Å². The van der Waals surface area contributed by atoms with Gasteiger partial charge in [0.05, 0.1) is 21.6 Å². The van der Waals surface area contributed by atoms with Crippen molar-refractivity contribution in [2.24, 2.45) is 5.41 Å². The number of fused-ring (bicyclic) bond motifs is 1. The molecule has 1 saturated heterocycles. The van der Waals surface area contributed by atoms with E-state index in [4.69, 9.17) is 10.7 Å². The first-order valence-electron chi connectivity index (χ1n) is 12.0. The third-order valence-electron chi connectivity index (χ3n) is 7.32. The predicted octanol–water partition coefficient (Wildman–Crippen LogP) is 4.73. The van der Waals surface area contributed by atoms with E-state index in [1.54, 1.807) is 12.4 Å². The summed E-state index contributed by atoms with van der Waals surface area (Å²) in [6.45, 7) is 5.16. The molecule has 2 amide bonds. The first kappa shape index (κ1) is 22.5. The molecule has 3 N–H and O–H groups in total. The van der Waals surface area contributed by atoms with Crippen LogP contribution in [0, 0.1) is 5.41 Å². The van der Waals surface area contributed by atoms with E-state index in [2.05, 4.69) is 21.4 Å². The van der Waals surface area contributed by atoms with E-state index in [-0.39, 0.29) is 23.3 Å². The van der Waals surface area contributed by atoms with Crippen molar-refractivity contribution in [2.45, 2.75) is 25.3 Å². The second kappa shape index (κ2) is 8.60. The van der Waals surface area contributed by atoms with Crippen LogP contribution in [0.3, 0.4) is 0 Å². The lowest BCUT2D eigenvalue weighted by Crippen LogP contribution is -2.42. The number of amides is 2. The summed E-state index contributed by atoms with van der Waals surface area (Å²) < 4.78 is 2.16. The fourth-order valence-electron chi connectivity index (χ4n) is 5.58. The highest BCUT2D eigenvalue weighted by atomic mass is 32.1. The molecule has 0 unspecified atom stereocenters. The first-order chi connectivity index (χ1) is 17.4. The Balaban J connectivity index is 1.24. The molecule has 1 saturated carbocycles. The van der Waals surface area contributed by atoms with Gasteiger partial charge in [0.25, 0.3) is 5.91 Å². The number of benzene rings is 1. The van der Waals surface area contributed by atoms with E-state index in [0.29, 0.717) is 16.5 Å². The van der Waals surface area contributed by atoms with Crippen LogP contribution in [0.25, 0.3) is 21.5 Å². The molecule has 1 aliphatic carbocycles. The molecule has 2 aliphatic rings. The zero-order valence-corrected chi connectivity index (χ0v) is 20.5. The standard InChI is InChI=1S/C27H26N6O2S/c1-2-24(34)32-10-9-27(16-32)12-19(13-27)33-21-6-4-3-5-20(21)30-26(33)31-25(35)23-8-7-22(36-23)17-11-18(28)15-29-14-17/h2-8,11,14-15,19H,1,9-10,12-13,16,28H2,(H,30,31,35)/t19-,27-. The van der Waals surface area contributed by atoms with Gasteiger partial charge in [0.15, 0.2) is 0 Å². The molecule has 4 heterocycles. The molecule has 182 valence electrons. The number of likely N-dealkylation sites (tertiary alicyclic amines) is 1. The average molecular weight is 499 g/mol. The molecule has 1 aromatic carbocycles. The normalized spacial score (nSPS) is 21.0. The van der Waals surface area contributed by atoms with Gasteiger partial charge in [0.2, 0.25) is 11.9 Å². The Morgan fingerprint density at radius 3 is 2.83 bits per heavy atom. The maximum absolute atomic E-state index is 13.2. The van der Waals surface area contributed by atoms with Crippen molar-refractivity contribution >= 4 is 45.8 Å². The number of hydrogen-bond acceptors (Lipinski definition) is 6. The van der Waals surface area contributed by atoms with Gasteiger partial charge in [0.1, 0.15) is 0 Å². The molecule has 6 rings (SSSR count). The van der Waals surface area contributed by atoms with Crippen LogP contribution in [0.2, 0.25) is 0 Å². The number of hydrogen-bond donors (Lipinski definition) is 2. The van der Waals surface area contributed by atoms with E-state index >= 15 is 0 Å². The van der Waals surface area contributed by atoms with Gasteiger partial charge in [-0.1, -0.05) is 18.7 Å². The van der Waals surface area contributed by atoms with Crippen LogP contribution in [0.15, 0.2) is 67.5 Å². The monoisotopic (exact) mass is 498 g/mol. The first-order valence-corrected chi connectivity index (χ1v) is 12.8. The molecule has 4 aromatic rings. The molecule has 0 radical (unpaired) electrons. The lowest BCUT2D eigenvalue weighted by molar-refractivity contribution is -0.125. The van der Waals surface area contributed by atoms with Gasteiger partial charge in [-0.2, -0.15) is 0 Å². The smallest absolute Gasteiger partial charge is 0.268 e. The molecule has 9 heteroatoms. The Bertz CT molecular complexity index is 1500. The molecule has 0 bridgehead atoms. The number of carbonyl (C=O) groups excluding carboxylic acids is 2. The maximum Gasteiger partial charge on any atom is 0.268 e. The number of thiophene rings is 1. The van der Waals surface area contributed by atoms with Crippen molar-refractivity contribution in [1.82, 2.24) is 19.4 Å². The van der Waals surface area contributed by atoms with Crippen LogP contribution in [0.5, 0.6) is 0 Å². The predicted molar refractivity (Wildman–Crippen MR) is 142 cm³/mol. The number of aromatic nitrogens is 3. The number of carbonyl (C=O) groups is 2. The lowest BCUT2D eigenvalue weighted by atomic mass is 9.65. The topological polar surface area (TPSA) is 106 Å². The van der Waals surface area contributed by atoms with Crippen molar-refractivity contribution in [3.05, 3.63) is 72.4 Å². The van der Waals surface area contributed by atoms with Crippen molar-refractivity contribution in [2.75, 3.05) is 24.1 Å². The largest absolute Gasteiger partial charge is 0.397 e. The number of nitrogens with two attached hydrogens (primary N) is 1. The Labute approximate surface area is 212 Å². The molecule has 3 aromatic heterocycles. The van der Waals surface area contributed by atoms with Crippen molar-refractivity contribution in [3.63, 3.8) is 0 Å². The number of imidazole rings is 1. The van der Waals surface area contributed by atoms with Gasteiger partial charge in [-0.05, 0) is 61.1 Å². The molecular weight excluding hydrogens is 472 g/mol. The van der Waals surface area contributed by atoms with E-state index in [1.807, 2.05) is 47.4 Å². The van der Waals surface area contributed by atoms with Gasteiger partial charge in [-0.15, -0.1) is 11.3 Å². The van der Waals surface area contributed by atoms with Gasteiger partial charge in [0, 0.05) is 42.0 Å². The Morgan fingerprint density at radius 2 is 2.03 bits per heavy atom. The minimum absolute atomic E-state index is 0.000598. The summed E-state index contributed by atoms with van der Waals surface area (Å²) in [5.41, 5.74) is 9.31. The highest BCUT2D eigenvalue weighted by Gasteiger charge is 2.50. The van der Waals surface area contributed by atoms with Crippen LogP contribution < -0.4 is 11.1 Å². The van der Waals surface area contributed by atoms with E-state index in [0.717, 1.165) is 53.8 Å². The SMILES string of the molecule is C=CC(=O)N1CC[C@]2(C1)C[C@H](n1c(NC(=O)c3ccc(-c4cncc(N)c4)s3)nc3ccccc31)C2. The molecule has 2 fully saturated rings. The summed E-state index contributed by atoms with van der Waals surface area (Å²) >= 11 is 1.39. The minimum Gasteiger partial charge on any atom is -0.397 e. The summed E-state index contributed by atoms with van der Waals surface area (Å²) in [5.74, 6) is 0.358. The van der Waals surface area contributed by atoms with Crippen LogP contribution in [0.4, 0.5) is 11.6 Å². The van der Waals surface area contributed by atoms with Crippen molar-refractivity contribution in [3.8, 4) is 10.4 Å². The number of nitrogens with one attached hydrogen (secondary N) is 1. The maximum atomic E-state index is 13.2. The summed E-state index contributed by atoms with van der Waals surface area (Å²) in [6.07, 6.45) is 7.62. The van der Waals surface area contributed by atoms with E-state index in [9.17, 15) is 9.59 Å². The average Bonchev–Trinajstić information content (AvgIpc) is 3.59. The van der Waals surface area contributed by atoms with Crippen LogP contribution >= 0.6 is 11.3 Å². The zero-order valence-electron chi connectivity index (χ0n) is 19.7. The fraction of sp³-hybridized carbons (Fsp3) is 0.259. The molecule has 36 heavy (non-hydrogen) atoms. The van der Waals surface area contributed by atoms with Crippen LogP contribution in [0.1, 0.15) is 35.0 Å². The molecular formula is C27H26N6O2S. The Hall–Kier alpha value is -3.98. The van der Waals surface area contributed by atoms with E-state index < -0.39 is 0 Å². The van der Waals surface area contributed by atoms with Gasteiger partial charge < -0.3 is 15.2 Å². The molecule has 0 atom stereocenters.